The van der Waals surface area contributed by atoms with Gasteiger partial charge in [-0.2, -0.15) is 0 Å². The van der Waals surface area contributed by atoms with E-state index in [0.717, 1.165) is 5.69 Å². The Bertz CT molecular complexity index is 1010. The van der Waals surface area contributed by atoms with E-state index in [2.05, 4.69) is 25.9 Å². The molecule has 1 heterocycles. The summed E-state index contributed by atoms with van der Waals surface area (Å²) in [6, 6.07) is 14.5. The third-order valence-electron chi connectivity index (χ3n) is 3.72. The van der Waals surface area contributed by atoms with Crippen LogP contribution in [0.25, 0.3) is 0 Å². The van der Waals surface area contributed by atoms with Gasteiger partial charge in [0.15, 0.2) is 0 Å². The van der Waals surface area contributed by atoms with Crippen LogP contribution in [0.4, 0.5) is 28.7 Å². The molecule has 0 saturated carbocycles. The molecule has 7 nitrogen and oxygen atoms in total. The van der Waals surface area contributed by atoms with E-state index in [4.69, 9.17) is 16.3 Å². The first kappa shape index (κ1) is 19.4. The third kappa shape index (κ3) is 5.11. The minimum absolute atomic E-state index is 0.128. The van der Waals surface area contributed by atoms with Crippen LogP contribution in [0.1, 0.15) is 12.7 Å². The van der Waals surface area contributed by atoms with E-state index < -0.39 is 0 Å². The van der Waals surface area contributed by atoms with E-state index in [-0.39, 0.29) is 5.91 Å². The van der Waals surface area contributed by atoms with Crippen molar-refractivity contribution < 1.29 is 9.53 Å². The van der Waals surface area contributed by atoms with Gasteiger partial charge in [-0.25, -0.2) is 9.97 Å². The molecule has 0 radical (unpaired) electrons. The lowest BCUT2D eigenvalue weighted by molar-refractivity contribution is -0.114. The molecule has 3 rings (SSSR count). The van der Waals surface area contributed by atoms with Crippen molar-refractivity contribution in [1.82, 2.24) is 9.97 Å². The Morgan fingerprint density at radius 1 is 1.00 bits per heavy atom. The van der Waals surface area contributed by atoms with E-state index >= 15 is 0 Å². The normalized spacial score (nSPS) is 10.3. The Labute approximate surface area is 168 Å². The van der Waals surface area contributed by atoms with Gasteiger partial charge in [0, 0.05) is 29.4 Å². The smallest absolute Gasteiger partial charge is 0.221 e. The number of methoxy groups -OCH3 is 1. The molecule has 0 atom stereocenters. The number of aryl methyl sites for hydroxylation is 1. The largest absolute Gasteiger partial charge is 0.495 e. The number of nitrogens with zero attached hydrogens (tertiary/aromatic N) is 2. The fraction of sp³-hybridized carbons (Fsp3) is 0.150. The molecule has 3 aromatic rings. The van der Waals surface area contributed by atoms with Crippen molar-refractivity contribution in [3.8, 4) is 5.75 Å². The lowest BCUT2D eigenvalue weighted by Gasteiger charge is -2.13. The molecule has 2 aromatic carbocycles. The van der Waals surface area contributed by atoms with Crippen molar-refractivity contribution in [3.63, 3.8) is 0 Å². The zero-order chi connectivity index (χ0) is 20.1. The van der Waals surface area contributed by atoms with Gasteiger partial charge in [0.1, 0.15) is 23.2 Å². The van der Waals surface area contributed by atoms with E-state index in [1.807, 2.05) is 24.3 Å². The molecule has 0 spiro atoms. The zero-order valence-electron chi connectivity index (χ0n) is 15.7. The van der Waals surface area contributed by atoms with Gasteiger partial charge in [0.05, 0.1) is 12.8 Å². The van der Waals surface area contributed by atoms with Crippen LogP contribution in [0.5, 0.6) is 5.75 Å². The number of rotatable bonds is 6. The summed E-state index contributed by atoms with van der Waals surface area (Å²) in [7, 11) is 1.59. The molecule has 0 aliphatic carbocycles. The fourth-order valence-electron chi connectivity index (χ4n) is 2.64. The summed E-state index contributed by atoms with van der Waals surface area (Å²) >= 11 is 6.09. The summed E-state index contributed by atoms with van der Waals surface area (Å²) in [6.45, 7) is 3.27. The van der Waals surface area contributed by atoms with Crippen LogP contribution in [0.3, 0.4) is 0 Å². The zero-order valence-corrected chi connectivity index (χ0v) is 16.5. The number of amides is 1. The molecule has 0 fully saturated rings. The number of hydrogen-bond acceptors (Lipinski definition) is 6. The predicted molar refractivity (Wildman–Crippen MR) is 112 cm³/mol. The average Bonchev–Trinajstić information content (AvgIpc) is 2.61. The third-order valence-corrected chi connectivity index (χ3v) is 3.95. The van der Waals surface area contributed by atoms with E-state index in [9.17, 15) is 4.79 Å². The molecule has 0 bridgehead atoms. The number of carbonyl (C=O) groups is 1. The minimum atomic E-state index is -0.128. The van der Waals surface area contributed by atoms with Gasteiger partial charge >= 0.3 is 0 Å². The standard InChI is InChI=1S/C20H20ClN5O2/c1-12-22-19(25-16-6-4-5-15(10-16)24-13(2)27)11-20(23-12)26-17-9-14(21)7-8-18(17)28-3/h4-11H,1-3H3,(H,24,27)(H2,22,23,25,26). The maximum absolute atomic E-state index is 11.2. The Morgan fingerprint density at radius 2 is 1.71 bits per heavy atom. The van der Waals surface area contributed by atoms with Gasteiger partial charge in [0.2, 0.25) is 5.91 Å². The molecule has 0 aliphatic rings. The number of benzene rings is 2. The first-order valence-corrected chi connectivity index (χ1v) is 8.91. The molecular weight excluding hydrogens is 378 g/mol. The number of aromatic nitrogens is 2. The molecule has 3 N–H and O–H groups in total. The van der Waals surface area contributed by atoms with Crippen molar-refractivity contribution in [1.29, 1.82) is 0 Å². The van der Waals surface area contributed by atoms with Crippen molar-refractivity contribution in [2.24, 2.45) is 0 Å². The lowest BCUT2D eigenvalue weighted by Crippen LogP contribution is -2.06. The van der Waals surface area contributed by atoms with Crippen LogP contribution in [0.2, 0.25) is 5.02 Å². The van der Waals surface area contributed by atoms with Crippen molar-refractivity contribution >= 4 is 46.2 Å². The fourth-order valence-corrected chi connectivity index (χ4v) is 2.81. The first-order valence-electron chi connectivity index (χ1n) is 8.54. The Balaban J connectivity index is 1.84. The number of nitrogens with one attached hydrogen (secondary N) is 3. The summed E-state index contributed by atoms with van der Waals surface area (Å²) < 4.78 is 5.36. The second kappa shape index (κ2) is 8.58. The van der Waals surface area contributed by atoms with E-state index in [0.29, 0.717) is 39.6 Å². The van der Waals surface area contributed by atoms with Crippen LogP contribution in [0, 0.1) is 6.92 Å². The van der Waals surface area contributed by atoms with Crippen LogP contribution in [-0.2, 0) is 4.79 Å². The summed E-state index contributed by atoms with van der Waals surface area (Å²) in [5.74, 6) is 2.31. The lowest BCUT2D eigenvalue weighted by atomic mass is 10.2. The first-order chi connectivity index (χ1) is 13.4. The summed E-state index contributed by atoms with van der Waals surface area (Å²) in [4.78, 5) is 20.1. The molecule has 1 aromatic heterocycles. The van der Waals surface area contributed by atoms with Gasteiger partial charge in [-0.15, -0.1) is 0 Å². The van der Waals surface area contributed by atoms with Gasteiger partial charge < -0.3 is 20.7 Å². The van der Waals surface area contributed by atoms with Gasteiger partial charge in [0.25, 0.3) is 0 Å². The highest BCUT2D eigenvalue weighted by Gasteiger charge is 2.08. The maximum Gasteiger partial charge on any atom is 0.221 e. The van der Waals surface area contributed by atoms with Crippen molar-refractivity contribution in [3.05, 3.63) is 59.4 Å². The minimum Gasteiger partial charge on any atom is -0.495 e. The SMILES string of the molecule is COc1ccc(Cl)cc1Nc1cc(Nc2cccc(NC(C)=O)c2)nc(C)n1. The van der Waals surface area contributed by atoms with Crippen LogP contribution < -0.4 is 20.7 Å². The van der Waals surface area contributed by atoms with Crippen molar-refractivity contribution in [2.75, 3.05) is 23.1 Å². The van der Waals surface area contributed by atoms with E-state index in [1.165, 1.54) is 6.92 Å². The topological polar surface area (TPSA) is 88.2 Å². The Morgan fingerprint density at radius 3 is 2.43 bits per heavy atom. The molecular formula is C20H20ClN5O2. The van der Waals surface area contributed by atoms with Crippen LogP contribution >= 0.6 is 11.6 Å². The van der Waals surface area contributed by atoms with E-state index in [1.54, 1.807) is 38.3 Å². The van der Waals surface area contributed by atoms with Gasteiger partial charge in [-0.05, 0) is 43.3 Å². The summed E-state index contributed by atoms with van der Waals surface area (Å²) in [5, 5.41) is 9.78. The quantitative estimate of drug-likeness (QED) is 0.548. The number of ether oxygens (including phenoxy) is 1. The van der Waals surface area contributed by atoms with Crippen LogP contribution in [-0.4, -0.2) is 23.0 Å². The molecule has 28 heavy (non-hydrogen) atoms. The van der Waals surface area contributed by atoms with Crippen LogP contribution in [0.15, 0.2) is 48.5 Å². The summed E-state index contributed by atoms with van der Waals surface area (Å²) in [6.07, 6.45) is 0. The Hall–Kier alpha value is -3.32. The molecule has 0 unspecified atom stereocenters. The highest BCUT2D eigenvalue weighted by atomic mass is 35.5. The highest BCUT2D eigenvalue weighted by Crippen LogP contribution is 2.30. The monoisotopic (exact) mass is 397 g/mol. The van der Waals surface area contributed by atoms with Gasteiger partial charge in [-0.3, -0.25) is 4.79 Å². The van der Waals surface area contributed by atoms with Crippen molar-refractivity contribution in [2.45, 2.75) is 13.8 Å². The maximum atomic E-state index is 11.2. The number of halogens is 1. The molecule has 144 valence electrons. The molecule has 0 saturated heterocycles. The summed E-state index contributed by atoms with van der Waals surface area (Å²) in [5.41, 5.74) is 2.19. The number of hydrogen-bond donors (Lipinski definition) is 3. The number of carbonyl (C=O) groups excluding carboxylic acids is 1. The molecule has 1 amide bonds. The van der Waals surface area contributed by atoms with Gasteiger partial charge in [-0.1, -0.05) is 17.7 Å². The average molecular weight is 398 g/mol. The molecule has 8 heteroatoms. The second-order valence-corrected chi connectivity index (χ2v) is 6.48. The number of anilines is 5. The highest BCUT2D eigenvalue weighted by molar-refractivity contribution is 6.31. The predicted octanol–water partition coefficient (Wildman–Crippen LogP) is 4.89. The second-order valence-electron chi connectivity index (χ2n) is 6.04. The molecule has 0 aliphatic heterocycles. The Kier molecular flexibility index (Phi) is 5.96.